The van der Waals surface area contributed by atoms with Gasteiger partial charge in [-0.05, 0) is 25.7 Å². The average Bonchev–Trinajstić information content (AvgIpc) is 2.79. The predicted octanol–water partition coefficient (Wildman–Crippen LogP) is 4.02. The lowest BCUT2D eigenvalue weighted by Crippen LogP contribution is -2.21. The van der Waals surface area contributed by atoms with Crippen LogP contribution >= 0.6 is 0 Å². The van der Waals surface area contributed by atoms with Crippen LogP contribution in [0.1, 0.15) is 77.0 Å². The number of rotatable bonds is 0. The fourth-order valence-corrected chi connectivity index (χ4v) is 3.05. The van der Waals surface area contributed by atoms with Crippen LogP contribution in [0.5, 0.6) is 0 Å². The monoisotopic (exact) mass is 238 g/mol. The van der Waals surface area contributed by atoms with Crippen molar-refractivity contribution in [3.63, 3.8) is 0 Å². The third-order valence-electron chi connectivity index (χ3n) is 4.17. The number of Topliss-reactive ketones (excluding diaryl/α,β-unsaturated/α-hetero) is 1. The van der Waals surface area contributed by atoms with Crippen LogP contribution in [0, 0.1) is 0 Å². The van der Waals surface area contributed by atoms with Crippen molar-refractivity contribution >= 4 is 5.78 Å². The van der Waals surface area contributed by atoms with E-state index in [1.54, 1.807) is 0 Å². The van der Waals surface area contributed by atoms with Gasteiger partial charge in [0.05, 0.1) is 6.10 Å². The van der Waals surface area contributed by atoms with Crippen LogP contribution in [0.3, 0.4) is 0 Å². The van der Waals surface area contributed by atoms with Crippen LogP contribution in [0.15, 0.2) is 0 Å². The Labute approximate surface area is 105 Å². The molecule has 2 saturated heterocycles. The summed E-state index contributed by atoms with van der Waals surface area (Å²) in [5.41, 5.74) is 0. The molecule has 0 aromatic rings. The van der Waals surface area contributed by atoms with Gasteiger partial charge in [0.15, 0.2) is 5.78 Å². The van der Waals surface area contributed by atoms with Gasteiger partial charge < -0.3 is 4.74 Å². The first-order valence-corrected chi connectivity index (χ1v) is 7.54. The normalized spacial score (nSPS) is 33.3. The molecule has 17 heavy (non-hydrogen) atoms. The van der Waals surface area contributed by atoms with E-state index >= 15 is 0 Å². The SMILES string of the molecule is O=C1CCCCCCCCCCC2CCC1O2. The van der Waals surface area contributed by atoms with Crippen LogP contribution in [0.2, 0.25) is 0 Å². The van der Waals surface area contributed by atoms with Gasteiger partial charge in [-0.15, -0.1) is 0 Å². The molecule has 0 aromatic heterocycles. The second-order valence-corrected chi connectivity index (χ2v) is 5.66. The molecule has 0 saturated carbocycles. The Hall–Kier alpha value is -0.370. The van der Waals surface area contributed by atoms with Gasteiger partial charge in [0.25, 0.3) is 0 Å². The zero-order valence-corrected chi connectivity index (χ0v) is 11.0. The van der Waals surface area contributed by atoms with Gasteiger partial charge in [-0.25, -0.2) is 0 Å². The van der Waals surface area contributed by atoms with Crippen molar-refractivity contribution in [2.45, 2.75) is 89.3 Å². The number of hydrogen-bond donors (Lipinski definition) is 0. The largest absolute Gasteiger partial charge is 0.367 e. The molecule has 2 heteroatoms. The highest BCUT2D eigenvalue weighted by Gasteiger charge is 2.29. The molecule has 98 valence electrons. The number of ether oxygens (including phenoxy) is 1. The standard InChI is InChI=1S/C15H26O2/c16-14-10-8-6-4-2-1-3-5-7-9-13-11-12-15(14)17-13/h13,15H,1-12H2. The van der Waals surface area contributed by atoms with Gasteiger partial charge in [-0.3, -0.25) is 4.79 Å². The quantitative estimate of drug-likeness (QED) is 0.637. The Morgan fingerprint density at radius 2 is 1.41 bits per heavy atom. The highest BCUT2D eigenvalue weighted by Crippen LogP contribution is 2.26. The molecule has 2 aliphatic rings. The van der Waals surface area contributed by atoms with Crippen LogP contribution < -0.4 is 0 Å². The molecule has 0 radical (unpaired) electrons. The second-order valence-electron chi connectivity index (χ2n) is 5.66. The molecule has 2 unspecified atom stereocenters. The fourth-order valence-electron chi connectivity index (χ4n) is 3.05. The number of fused-ring (bicyclic) bond motifs is 2. The average molecular weight is 238 g/mol. The Kier molecular flexibility index (Phi) is 5.50. The topological polar surface area (TPSA) is 26.3 Å². The van der Waals surface area contributed by atoms with Crippen LogP contribution in [-0.2, 0) is 9.53 Å². The highest BCUT2D eigenvalue weighted by molar-refractivity contribution is 5.83. The Bertz CT molecular complexity index is 237. The summed E-state index contributed by atoms with van der Waals surface area (Å²) in [4.78, 5) is 11.9. The minimum absolute atomic E-state index is 0.0528. The van der Waals surface area contributed by atoms with Crippen molar-refractivity contribution < 1.29 is 9.53 Å². The third-order valence-corrected chi connectivity index (χ3v) is 4.17. The number of hydrogen-bond acceptors (Lipinski definition) is 2. The van der Waals surface area contributed by atoms with Crippen LogP contribution in [-0.4, -0.2) is 18.0 Å². The van der Waals surface area contributed by atoms with Crippen molar-refractivity contribution in [2.24, 2.45) is 0 Å². The summed E-state index contributed by atoms with van der Waals surface area (Å²) in [7, 11) is 0. The Morgan fingerprint density at radius 3 is 2.18 bits per heavy atom. The first kappa shape index (κ1) is 13.1. The molecule has 2 atom stereocenters. The molecule has 2 bridgehead atoms. The van der Waals surface area contributed by atoms with E-state index in [2.05, 4.69) is 0 Å². The fraction of sp³-hybridized carbons (Fsp3) is 0.933. The van der Waals surface area contributed by atoms with Gasteiger partial charge >= 0.3 is 0 Å². The van der Waals surface area contributed by atoms with Gasteiger partial charge in [-0.1, -0.05) is 44.9 Å². The maximum Gasteiger partial charge on any atom is 0.161 e. The molecule has 0 N–H and O–H groups in total. The van der Waals surface area contributed by atoms with Crippen molar-refractivity contribution in [1.82, 2.24) is 0 Å². The van der Waals surface area contributed by atoms with Crippen molar-refractivity contribution in [1.29, 1.82) is 0 Å². The minimum atomic E-state index is -0.0528. The summed E-state index contributed by atoms with van der Waals surface area (Å²) in [6.45, 7) is 0. The molecule has 2 nitrogen and oxygen atoms in total. The molecule has 2 rings (SSSR count). The molecule has 2 aliphatic heterocycles. The molecule has 0 aliphatic carbocycles. The van der Waals surface area contributed by atoms with Gasteiger partial charge in [0, 0.05) is 6.42 Å². The molecule has 2 fully saturated rings. The lowest BCUT2D eigenvalue weighted by molar-refractivity contribution is -0.130. The van der Waals surface area contributed by atoms with Crippen LogP contribution in [0.4, 0.5) is 0 Å². The summed E-state index contributed by atoms with van der Waals surface area (Å²) in [6.07, 6.45) is 14.7. The van der Waals surface area contributed by atoms with Gasteiger partial charge in [0.1, 0.15) is 6.10 Å². The van der Waals surface area contributed by atoms with Crippen molar-refractivity contribution in [3.05, 3.63) is 0 Å². The zero-order chi connectivity index (χ0) is 11.9. The molecular weight excluding hydrogens is 212 g/mol. The number of ketones is 1. The lowest BCUT2D eigenvalue weighted by Gasteiger charge is -2.13. The first-order valence-electron chi connectivity index (χ1n) is 7.54. The number of carbonyl (C=O) groups excluding carboxylic acids is 1. The van der Waals surface area contributed by atoms with Gasteiger partial charge in [-0.2, -0.15) is 0 Å². The minimum Gasteiger partial charge on any atom is -0.367 e. The maximum atomic E-state index is 11.9. The van der Waals surface area contributed by atoms with Crippen molar-refractivity contribution in [2.75, 3.05) is 0 Å². The summed E-state index contributed by atoms with van der Waals surface area (Å²) >= 11 is 0. The van der Waals surface area contributed by atoms with Crippen molar-refractivity contribution in [3.8, 4) is 0 Å². The Balaban J connectivity index is 1.79. The van der Waals surface area contributed by atoms with E-state index in [0.717, 1.165) is 25.7 Å². The Morgan fingerprint density at radius 1 is 0.765 bits per heavy atom. The van der Waals surface area contributed by atoms with E-state index in [1.165, 1.54) is 51.4 Å². The molecule has 0 aromatic carbocycles. The van der Waals surface area contributed by atoms with E-state index < -0.39 is 0 Å². The summed E-state index contributed by atoms with van der Waals surface area (Å²) in [5.74, 6) is 0.365. The van der Waals surface area contributed by atoms with E-state index in [9.17, 15) is 4.79 Å². The number of carbonyl (C=O) groups is 1. The van der Waals surface area contributed by atoms with E-state index in [-0.39, 0.29) is 6.10 Å². The maximum absolute atomic E-state index is 11.9. The first-order chi connectivity index (χ1) is 8.36. The molecule has 0 spiro atoms. The summed E-state index contributed by atoms with van der Waals surface area (Å²) < 4.78 is 5.87. The smallest absolute Gasteiger partial charge is 0.161 e. The van der Waals surface area contributed by atoms with E-state index in [0.29, 0.717) is 11.9 Å². The second kappa shape index (κ2) is 7.15. The van der Waals surface area contributed by atoms with Crippen LogP contribution in [0.25, 0.3) is 0 Å². The zero-order valence-electron chi connectivity index (χ0n) is 11.0. The molecular formula is C15H26O2. The summed E-state index contributed by atoms with van der Waals surface area (Å²) in [6, 6.07) is 0. The highest BCUT2D eigenvalue weighted by atomic mass is 16.5. The molecule has 0 amide bonds. The molecule has 2 heterocycles. The predicted molar refractivity (Wildman–Crippen MR) is 69.1 cm³/mol. The summed E-state index contributed by atoms with van der Waals surface area (Å²) in [5, 5.41) is 0. The third kappa shape index (κ3) is 4.42. The van der Waals surface area contributed by atoms with E-state index in [1.807, 2.05) is 0 Å². The van der Waals surface area contributed by atoms with Gasteiger partial charge in [0.2, 0.25) is 0 Å². The lowest BCUT2D eigenvalue weighted by atomic mass is 10.0. The van der Waals surface area contributed by atoms with E-state index in [4.69, 9.17) is 4.74 Å².